The summed E-state index contributed by atoms with van der Waals surface area (Å²) in [5.74, 6) is 0.510. The van der Waals surface area contributed by atoms with E-state index < -0.39 is 6.10 Å². The molecular formula is C15H20N2O3. The number of carbonyl (C=O) groups is 1. The summed E-state index contributed by atoms with van der Waals surface area (Å²) in [6.45, 7) is 4.36. The molecule has 5 nitrogen and oxygen atoms in total. The van der Waals surface area contributed by atoms with Crippen LogP contribution in [-0.2, 0) is 4.79 Å². The summed E-state index contributed by atoms with van der Waals surface area (Å²) in [5, 5.41) is 15.0. The molecule has 0 bridgehead atoms. The molecule has 1 fully saturated rings. The third-order valence-corrected chi connectivity index (χ3v) is 3.43. The van der Waals surface area contributed by atoms with Gasteiger partial charge in [-0.15, -0.1) is 0 Å². The largest absolute Gasteiger partial charge is 0.480 e. The normalized spacial score (nSPS) is 20.2. The summed E-state index contributed by atoms with van der Waals surface area (Å²) >= 11 is 0. The molecule has 0 spiro atoms. The molecule has 1 aromatic carbocycles. The van der Waals surface area contributed by atoms with Gasteiger partial charge in [-0.05, 0) is 50.8 Å². The van der Waals surface area contributed by atoms with Gasteiger partial charge < -0.3 is 15.3 Å². The van der Waals surface area contributed by atoms with Crippen LogP contribution >= 0.6 is 0 Å². The fraction of sp³-hybridized carbons (Fsp3) is 0.467. The minimum atomic E-state index is -0.482. The van der Waals surface area contributed by atoms with Gasteiger partial charge in [0.2, 0.25) is 0 Å². The highest BCUT2D eigenvalue weighted by atomic mass is 16.5. The summed E-state index contributed by atoms with van der Waals surface area (Å²) in [7, 11) is 0. The van der Waals surface area contributed by atoms with Crippen molar-refractivity contribution in [3.63, 3.8) is 0 Å². The highest BCUT2D eigenvalue weighted by Crippen LogP contribution is 2.24. The second-order valence-electron chi connectivity index (χ2n) is 5.08. The van der Waals surface area contributed by atoms with Crippen molar-refractivity contribution >= 4 is 11.6 Å². The first kappa shape index (κ1) is 14.4. The standard InChI is InChI=1S/C15H20N2O3/c1-10-6-7-12(11(2)17-19)14(9-10)20-13-5-3-4-8-16-15(13)18/h6-7,9,13,19H,3-5,8H2,1-2H3,(H,16,18). The van der Waals surface area contributed by atoms with E-state index in [-0.39, 0.29) is 5.91 Å². The molecule has 1 aliphatic heterocycles. The number of amides is 1. The Labute approximate surface area is 118 Å². The summed E-state index contributed by atoms with van der Waals surface area (Å²) in [4.78, 5) is 11.9. The van der Waals surface area contributed by atoms with Crippen LogP contribution in [0.2, 0.25) is 0 Å². The van der Waals surface area contributed by atoms with E-state index in [9.17, 15) is 4.79 Å². The number of carbonyl (C=O) groups excluding carboxylic acids is 1. The van der Waals surface area contributed by atoms with Gasteiger partial charge in [0.05, 0.1) is 5.71 Å². The maximum atomic E-state index is 11.9. The highest BCUT2D eigenvalue weighted by Gasteiger charge is 2.23. The van der Waals surface area contributed by atoms with E-state index in [2.05, 4.69) is 10.5 Å². The highest BCUT2D eigenvalue weighted by molar-refractivity contribution is 6.00. The van der Waals surface area contributed by atoms with Crippen LogP contribution in [0.4, 0.5) is 0 Å². The van der Waals surface area contributed by atoms with Gasteiger partial charge in [-0.25, -0.2) is 0 Å². The Morgan fingerprint density at radius 3 is 3.00 bits per heavy atom. The Morgan fingerprint density at radius 2 is 2.25 bits per heavy atom. The molecule has 1 heterocycles. The molecule has 2 rings (SSSR count). The van der Waals surface area contributed by atoms with E-state index >= 15 is 0 Å². The first-order valence-electron chi connectivity index (χ1n) is 6.86. The van der Waals surface area contributed by atoms with Crippen molar-refractivity contribution in [2.45, 2.75) is 39.2 Å². The predicted octanol–water partition coefficient (Wildman–Crippen LogP) is 2.24. The van der Waals surface area contributed by atoms with E-state index in [1.165, 1.54) is 0 Å². The number of nitrogens with zero attached hydrogens (tertiary/aromatic N) is 1. The number of benzene rings is 1. The minimum absolute atomic E-state index is 0.0754. The van der Waals surface area contributed by atoms with Crippen molar-refractivity contribution in [3.8, 4) is 5.75 Å². The van der Waals surface area contributed by atoms with Gasteiger partial charge in [0.15, 0.2) is 6.10 Å². The monoisotopic (exact) mass is 276 g/mol. The minimum Gasteiger partial charge on any atom is -0.480 e. The fourth-order valence-corrected chi connectivity index (χ4v) is 2.26. The van der Waals surface area contributed by atoms with E-state index in [1.807, 2.05) is 25.1 Å². The van der Waals surface area contributed by atoms with Crippen molar-refractivity contribution in [2.75, 3.05) is 6.54 Å². The summed E-state index contributed by atoms with van der Waals surface area (Å²) in [6.07, 6.45) is 2.15. The molecule has 0 saturated carbocycles. The SMILES string of the molecule is CC(=NO)c1ccc(C)cc1OC1CCCCNC1=O. The summed E-state index contributed by atoms with van der Waals surface area (Å²) in [6, 6.07) is 5.63. The number of ether oxygens (including phenoxy) is 1. The van der Waals surface area contributed by atoms with Crippen molar-refractivity contribution in [1.82, 2.24) is 5.32 Å². The number of hydrogen-bond acceptors (Lipinski definition) is 4. The molecule has 1 unspecified atom stereocenters. The van der Waals surface area contributed by atoms with Crippen molar-refractivity contribution in [2.24, 2.45) is 5.16 Å². The number of rotatable bonds is 3. The van der Waals surface area contributed by atoms with Crippen LogP contribution in [0.1, 0.15) is 37.3 Å². The molecule has 0 aliphatic carbocycles. The number of hydrogen-bond donors (Lipinski definition) is 2. The lowest BCUT2D eigenvalue weighted by molar-refractivity contribution is -0.127. The fourth-order valence-electron chi connectivity index (χ4n) is 2.26. The van der Waals surface area contributed by atoms with Crippen LogP contribution in [0.3, 0.4) is 0 Å². The predicted molar refractivity (Wildman–Crippen MR) is 76.5 cm³/mol. The van der Waals surface area contributed by atoms with Gasteiger partial charge in [0.25, 0.3) is 5.91 Å². The molecular weight excluding hydrogens is 256 g/mol. The van der Waals surface area contributed by atoms with Crippen molar-refractivity contribution in [3.05, 3.63) is 29.3 Å². The lowest BCUT2D eigenvalue weighted by Gasteiger charge is -2.18. The molecule has 1 aromatic rings. The Balaban J connectivity index is 2.27. The number of aryl methyl sites for hydroxylation is 1. The molecule has 1 atom stereocenters. The van der Waals surface area contributed by atoms with E-state index in [1.54, 1.807) is 6.92 Å². The third-order valence-electron chi connectivity index (χ3n) is 3.43. The second-order valence-corrected chi connectivity index (χ2v) is 5.08. The molecule has 0 aromatic heterocycles. The Bertz CT molecular complexity index is 526. The topological polar surface area (TPSA) is 70.9 Å². The van der Waals surface area contributed by atoms with Gasteiger partial charge in [-0.3, -0.25) is 4.79 Å². The van der Waals surface area contributed by atoms with E-state index in [0.29, 0.717) is 30.0 Å². The third kappa shape index (κ3) is 3.29. The van der Waals surface area contributed by atoms with Crippen LogP contribution in [0, 0.1) is 6.92 Å². The van der Waals surface area contributed by atoms with Crippen LogP contribution < -0.4 is 10.1 Å². The zero-order chi connectivity index (χ0) is 14.5. The maximum Gasteiger partial charge on any atom is 0.261 e. The lowest BCUT2D eigenvalue weighted by atomic mass is 10.1. The average molecular weight is 276 g/mol. The van der Waals surface area contributed by atoms with Crippen LogP contribution in [-0.4, -0.2) is 29.5 Å². The average Bonchev–Trinajstić information content (AvgIpc) is 2.64. The first-order chi connectivity index (χ1) is 9.61. The Morgan fingerprint density at radius 1 is 1.45 bits per heavy atom. The van der Waals surface area contributed by atoms with Gasteiger partial charge in [-0.1, -0.05) is 11.2 Å². The van der Waals surface area contributed by atoms with Gasteiger partial charge >= 0.3 is 0 Å². The molecule has 0 radical (unpaired) electrons. The van der Waals surface area contributed by atoms with Crippen LogP contribution in [0.15, 0.2) is 23.4 Å². The Kier molecular flexibility index (Phi) is 4.61. The molecule has 1 saturated heterocycles. The zero-order valence-corrected chi connectivity index (χ0v) is 11.8. The quantitative estimate of drug-likeness (QED) is 0.505. The lowest BCUT2D eigenvalue weighted by Crippen LogP contribution is -2.36. The molecule has 108 valence electrons. The summed E-state index contributed by atoms with van der Waals surface area (Å²) < 4.78 is 5.88. The van der Waals surface area contributed by atoms with E-state index in [4.69, 9.17) is 9.94 Å². The molecule has 5 heteroatoms. The maximum absolute atomic E-state index is 11.9. The first-order valence-corrected chi connectivity index (χ1v) is 6.86. The molecule has 20 heavy (non-hydrogen) atoms. The second kappa shape index (κ2) is 6.41. The number of nitrogens with one attached hydrogen (secondary N) is 1. The van der Waals surface area contributed by atoms with Gasteiger partial charge in [-0.2, -0.15) is 0 Å². The van der Waals surface area contributed by atoms with Gasteiger partial charge in [0.1, 0.15) is 5.75 Å². The number of oxime groups is 1. The van der Waals surface area contributed by atoms with Crippen LogP contribution in [0.25, 0.3) is 0 Å². The Hall–Kier alpha value is -2.04. The smallest absolute Gasteiger partial charge is 0.261 e. The van der Waals surface area contributed by atoms with E-state index in [0.717, 1.165) is 18.4 Å². The van der Waals surface area contributed by atoms with Crippen molar-refractivity contribution < 1.29 is 14.7 Å². The van der Waals surface area contributed by atoms with Crippen LogP contribution in [0.5, 0.6) is 5.75 Å². The molecule has 1 aliphatic rings. The zero-order valence-electron chi connectivity index (χ0n) is 11.8. The van der Waals surface area contributed by atoms with Crippen molar-refractivity contribution in [1.29, 1.82) is 0 Å². The molecule has 2 N–H and O–H groups in total. The molecule has 1 amide bonds. The van der Waals surface area contributed by atoms with Gasteiger partial charge in [0, 0.05) is 12.1 Å². The summed E-state index contributed by atoms with van der Waals surface area (Å²) in [5.41, 5.74) is 2.20.